The summed E-state index contributed by atoms with van der Waals surface area (Å²) in [5.74, 6) is 0. The van der Waals surface area contributed by atoms with Crippen molar-refractivity contribution in [2.75, 3.05) is 4.72 Å². The first-order valence-corrected chi connectivity index (χ1v) is 7.49. The van der Waals surface area contributed by atoms with E-state index in [1.54, 1.807) is 26.0 Å². The predicted octanol–water partition coefficient (Wildman–Crippen LogP) is 3.35. The molecule has 0 aliphatic rings. The van der Waals surface area contributed by atoms with Gasteiger partial charge in [-0.2, -0.15) is 5.26 Å². The monoisotopic (exact) mass is 306 g/mol. The van der Waals surface area contributed by atoms with Crippen LogP contribution in [0.5, 0.6) is 0 Å². The molecule has 0 fully saturated rings. The Kier molecular flexibility index (Phi) is 4.85. The van der Waals surface area contributed by atoms with Crippen molar-refractivity contribution in [1.82, 2.24) is 0 Å². The molecule has 1 N–H and O–H groups in total. The molecule has 0 bridgehead atoms. The second-order valence-corrected chi connectivity index (χ2v) is 6.43. The van der Waals surface area contributed by atoms with E-state index in [-0.39, 0.29) is 17.1 Å². The number of sulfonamides is 1. The number of benzene rings is 1. The molecule has 0 aromatic heterocycles. The molecule has 1 aromatic carbocycles. The number of nitriles is 1. The van der Waals surface area contributed by atoms with Crippen molar-refractivity contribution in [1.29, 1.82) is 5.26 Å². The molecule has 18 heavy (non-hydrogen) atoms. The fourth-order valence-corrected chi connectivity index (χ4v) is 3.01. The topological polar surface area (TPSA) is 70.0 Å². The summed E-state index contributed by atoms with van der Waals surface area (Å²) < 4.78 is 26.0. The van der Waals surface area contributed by atoms with Crippen molar-refractivity contribution < 1.29 is 8.42 Å². The zero-order chi connectivity index (χ0) is 13.9. The van der Waals surface area contributed by atoms with Crippen molar-refractivity contribution in [3.05, 3.63) is 27.7 Å². The van der Waals surface area contributed by atoms with E-state index in [4.69, 9.17) is 28.5 Å². The maximum atomic E-state index is 11.9. The van der Waals surface area contributed by atoms with Gasteiger partial charge in [0, 0.05) is 5.02 Å². The largest absolute Gasteiger partial charge is 0.281 e. The lowest BCUT2D eigenvalue weighted by atomic mass is 10.2. The highest BCUT2D eigenvalue weighted by Gasteiger charge is 2.24. The quantitative estimate of drug-likeness (QED) is 0.927. The molecule has 1 atom stereocenters. The van der Waals surface area contributed by atoms with E-state index in [0.717, 1.165) is 5.56 Å². The van der Waals surface area contributed by atoms with Gasteiger partial charge in [0.15, 0.2) is 5.25 Å². The predicted molar refractivity (Wildman–Crippen MR) is 73.4 cm³/mol. The average Bonchev–Trinajstić information content (AvgIpc) is 2.26. The lowest BCUT2D eigenvalue weighted by molar-refractivity contribution is 0.593. The smallest absolute Gasteiger partial charge is 0.249 e. The van der Waals surface area contributed by atoms with Crippen molar-refractivity contribution in [2.45, 2.75) is 25.5 Å². The molecule has 1 unspecified atom stereocenters. The number of hydrogen-bond acceptors (Lipinski definition) is 3. The zero-order valence-corrected chi connectivity index (χ0v) is 12.2. The first-order chi connectivity index (χ1) is 8.31. The summed E-state index contributed by atoms with van der Waals surface area (Å²) in [6.07, 6.45) is 0.197. The fraction of sp³-hybridized carbons (Fsp3) is 0.364. The minimum Gasteiger partial charge on any atom is -0.281 e. The highest BCUT2D eigenvalue weighted by Crippen LogP contribution is 2.30. The summed E-state index contributed by atoms with van der Waals surface area (Å²) in [7, 11) is -3.78. The fourth-order valence-electron chi connectivity index (χ4n) is 1.33. The van der Waals surface area contributed by atoms with Gasteiger partial charge in [-0.3, -0.25) is 4.72 Å². The molecule has 0 aliphatic carbocycles. The summed E-state index contributed by atoms with van der Waals surface area (Å²) in [6.45, 7) is 3.38. The van der Waals surface area contributed by atoms with Crippen LogP contribution in [0.3, 0.4) is 0 Å². The highest BCUT2D eigenvalue weighted by atomic mass is 35.5. The van der Waals surface area contributed by atoms with E-state index in [1.165, 1.54) is 6.07 Å². The molecule has 7 heteroatoms. The van der Waals surface area contributed by atoms with Crippen LogP contribution in [-0.2, 0) is 10.0 Å². The highest BCUT2D eigenvalue weighted by molar-refractivity contribution is 7.93. The molecule has 0 amide bonds. The van der Waals surface area contributed by atoms with Crippen LogP contribution < -0.4 is 4.72 Å². The van der Waals surface area contributed by atoms with Crippen molar-refractivity contribution in [3.63, 3.8) is 0 Å². The van der Waals surface area contributed by atoms with Crippen LogP contribution in [0.15, 0.2) is 12.1 Å². The van der Waals surface area contributed by atoms with E-state index in [0.29, 0.717) is 5.02 Å². The number of aryl methyl sites for hydroxylation is 1. The Labute approximate surface area is 117 Å². The zero-order valence-electron chi connectivity index (χ0n) is 9.87. The third-order valence-electron chi connectivity index (χ3n) is 2.39. The maximum absolute atomic E-state index is 11.9. The van der Waals surface area contributed by atoms with Crippen molar-refractivity contribution in [2.24, 2.45) is 0 Å². The van der Waals surface area contributed by atoms with E-state index in [9.17, 15) is 8.42 Å². The van der Waals surface area contributed by atoms with Gasteiger partial charge in [0.05, 0.1) is 16.8 Å². The second kappa shape index (κ2) is 5.79. The van der Waals surface area contributed by atoms with Crippen molar-refractivity contribution in [3.8, 4) is 6.07 Å². The van der Waals surface area contributed by atoms with Crippen molar-refractivity contribution >= 4 is 38.9 Å². The molecule has 0 heterocycles. The minimum absolute atomic E-state index is 0.181. The van der Waals surface area contributed by atoms with Gasteiger partial charge in [0.2, 0.25) is 10.0 Å². The molecule has 0 radical (unpaired) electrons. The van der Waals surface area contributed by atoms with Gasteiger partial charge in [-0.25, -0.2) is 8.42 Å². The van der Waals surface area contributed by atoms with Gasteiger partial charge < -0.3 is 0 Å². The summed E-state index contributed by atoms with van der Waals surface area (Å²) in [4.78, 5) is 0. The first kappa shape index (κ1) is 15.1. The molecule has 0 saturated heterocycles. The van der Waals surface area contributed by atoms with E-state index in [1.807, 2.05) is 0 Å². The maximum Gasteiger partial charge on any atom is 0.249 e. The minimum atomic E-state index is -3.78. The molecule has 1 aromatic rings. The first-order valence-electron chi connectivity index (χ1n) is 5.18. The Hall–Kier alpha value is -0.960. The second-order valence-electron chi connectivity index (χ2n) is 3.75. The third kappa shape index (κ3) is 3.29. The number of rotatable bonds is 4. The lowest BCUT2D eigenvalue weighted by Gasteiger charge is -2.13. The average molecular weight is 307 g/mol. The summed E-state index contributed by atoms with van der Waals surface area (Å²) in [5.41, 5.74) is 0.929. The Morgan fingerprint density at radius 3 is 2.50 bits per heavy atom. The van der Waals surface area contributed by atoms with Gasteiger partial charge in [-0.15, -0.1) is 0 Å². The van der Waals surface area contributed by atoms with Crippen LogP contribution in [0.4, 0.5) is 5.69 Å². The number of nitrogens with zero attached hydrogens (tertiary/aromatic N) is 1. The van der Waals surface area contributed by atoms with Gasteiger partial charge in [-0.1, -0.05) is 30.1 Å². The Bertz CT molecular complexity index is 594. The Morgan fingerprint density at radius 2 is 2.00 bits per heavy atom. The third-order valence-corrected chi connectivity index (χ3v) is 4.80. The summed E-state index contributed by atoms with van der Waals surface area (Å²) >= 11 is 11.8. The van der Waals surface area contributed by atoms with Crippen LogP contribution in [-0.4, -0.2) is 13.7 Å². The summed E-state index contributed by atoms with van der Waals surface area (Å²) in [5, 5.41) is 8.31. The molecule has 0 spiro atoms. The SMILES string of the molecule is CCC(C#N)S(=O)(=O)Nc1cc(Cl)c(C)cc1Cl. The standard InChI is InChI=1S/C11H12Cl2N2O2S/c1-3-8(6-14)18(16,17)15-11-5-9(12)7(2)4-10(11)13/h4-5,8,15H,3H2,1-2H3. The Morgan fingerprint density at radius 1 is 1.39 bits per heavy atom. The lowest BCUT2D eigenvalue weighted by Crippen LogP contribution is -2.26. The number of nitrogens with one attached hydrogen (secondary N) is 1. The van der Waals surface area contributed by atoms with E-state index in [2.05, 4.69) is 4.72 Å². The van der Waals surface area contributed by atoms with Gasteiger partial charge in [0.1, 0.15) is 0 Å². The van der Waals surface area contributed by atoms with Gasteiger partial charge in [-0.05, 0) is 31.0 Å². The molecule has 0 saturated carbocycles. The van der Waals surface area contributed by atoms with Gasteiger partial charge >= 0.3 is 0 Å². The van der Waals surface area contributed by atoms with Crippen LogP contribution in [0.25, 0.3) is 0 Å². The van der Waals surface area contributed by atoms with Crippen LogP contribution >= 0.6 is 23.2 Å². The van der Waals surface area contributed by atoms with Crippen LogP contribution in [0.1, 0.15) is 18.9 Å². The molecule has 0 aliphatic heterocycles. The molecular formula is C11H12Cl2N2O2S. The van der Waals surface area contributed by atoms with Gasteiger partial charge in [0.25, 0.3) is 0 Å². The molecule has 4 nitrogen and oxygen atoms in total. The molecule has 1 rings (SSSR count). The molecular weight excluding hydrogens is 295 g/mol. The van der Waals surface area contributed by atoms with E-state index < -0.39 is 15.3 Å². The number of anilines is 1. The number of hydrogen-bond donors (Lipinski definition) is 1. The molecule has 98 valence electrons. The number of halogens is 2. The summed E-state index contributed by atoms with van der Waals surface area (Å²) in [6, 6.07) is 4.73. The Balaban J connectivity index is 3.13. The van der Waals surface area contributed by atoms with Crippen LogP contribution in [0, 0.1) is 18.3 Å². The van der Waals surface area contributed by atoms with E-state index >= 15 is 0 Å². The normalized spacial score (nSPS) is 12.8. The van der Waals surface area contributed by atoms with Crippen LogP contribution in [0.2, 0.25) is 10.0 Å².